The Hall–Kier alpha value is -3.74. The van der Waals surface area contributed by atoms with Crippen LogP contribution in [-0.2, 0) is 30.2 Å². The Morgan fingerprint density at radius 2 is 1.56 bits per heavy atom. The van der Waals surface area contributed by atoms with Crippen LogP contribution in [0.4, 0.5) is 14.4 Å². The van der Waals surface area contributed by atoms with Crippen LogP contribution in [0.5, 0.6) is 5.75 Å². The number of piperazine rings is 1. The standard InChI is InChI=1S/C32H50N4O9/c1-31(2,3)44-28(38)33-26(27(37)41-7)20-23-10-12-24(13-11-23)42-22-25-21-36(29(39)43-25)15-9-8-14-34-16-18-35(19-17-34)30(40)45-32(4,5)6/h10-13,25-26H,8-9,14-22H2,1-7H3,(H,33,38). The fourth-order valence-corrected chi connectivity index (χ4v) is 4.89. The molecule has 1 aromatic carbocycles. The number of nitrogens with zero attached hydrogens (tertiary/aromatic N) is 3. The predicted molar refractivity (Wildman–Crippen MR) is 166 cm³/mol. The van der Waals surface area contributed by atoms with Gasteiger partial charge in [0.2, 0.25) is 0 Å². The lowest BCUT2D eigenvalue weighted by Gasteiger charge is -2.35. The number of carbonyl (C=O) groups excluding carboxylic acids is 4. The minimum absolute atomic E-state index is 0.212. The van der Waals surface area contributed by atoms with Crippen molar-refractivity contribution in [1.82, 2.24) is 20.0 Å². The summed E-state index contributed by atoms with van der Waals surface area (Å²) in [6.45, 7) is 15.9. The molecule has 2 saturated heterocycles. The van der Waals surface area contributed by atoms with Crippen LogP contribution in [-0.4, -0.2) is 122 Å². The third-order valence-electron chi connectivity index (χ3n) is 7.10. The molecule has 13 heteroatoms. The highest BCUT2D eigenvalue weighted by atomic mass is 16.6. The molecule has 1 N–H and O–H groups in total. The molecule has 2 aliphatic heterocycles. The van der Waals surface area contributed by atoms with Crippen LogP contribution >= 0.6 is 0 Å². The zero-order valence-corrected chi connectivity index (χ0v) is 27.8. The fraction of sp³-hybridized carbons (Fsp3) is 0.688. The molecule has 2 fully saturated rings. The molecule has 2 aliphatic rings. The van der Waals surface area contributed by atoms with Gasteiger partial charge >= 0.3 is 24.2 Å². The molecule has 3 rings (SSSR count). The highest BCUT2D eigenvalue weighted by Gasteiger charge is 2.32. The number of cyclic esters (lactones) is 1. The Bertz CT molecular complexity index is 1140. The molecule has 0 aromatic heterocycles. The molecule has 0 bridgehead atoms. The van der Waals surface area contributed by atoms with Crippen molar-refractivity contribution in [3.05, 3.63) is 29.8 Å². The summed E-state index contributed by atoms with van der Waals surface area (Å²) in [7, 11) is 1.26. The van der Waals surface area contributed by atoms with E-state index in [1.165, 1.54) is 7.11 Å². The van der Waals surface area contributed by atoms with Gasteiger partial charge in [-0.25, -0.2) is 19.2 Å². The van der Waals surface area contributed by atoms with E-state index in [-0.39, 0.29) is 31.3 Å². The highest BCUT2D eigenvalue weighted by Crippen LogP contribution is 2.18. The smallest absolute Gasteiger partial charge is 0.410 e. The number of benzene rings is 1. The van der Waals surface area contributed by atoms with Crippen molar-refractivity contribution in [1.29, 1.82) is 0 Å². The van der Waals surface area contributed by atoms with E-state index in [0.29, 0.717) is 31.9 Å². The predicted octanol–water partition coefficient (Wildman–Crippen LogP) is 3.83. The van der Waals surface area contributed by atoms with Crippen molar-refractivity contribution in [2.45, 2.75) is 84.2 Å². The van der Waals surface area contributed by atoms with Crippen molar-refractivity contribution in [2.24, 2.45) is 0 Å². The number of rotatable bonds is 12. The van der Waals surface area contributed by atoms with E-state index in [1.807, 2.05) is 20.8 Å². The Morgan fingerprint density at radius 3 is 2.16 bits per heavy atom. The lowest BCUT2D eigenvalue weighted by Crippen LogP contribution is -2.50. The summed E-state index contributed by atoms with van der Waals surface area (Å²) in [5.74, 6) is 0.0154. The molecule has 2 heterocycles. The van der Waals surface area contributed by atoms with Crippen LogP contribution in [0.1, 0.15) is 59.9 Å². The van der Waals surface area contributed by atoms with E-state index in [4.69, 9.17) is 23.7 Å². The van der Waals surface area contributed by atoms with E-state index in [0.717, 1.165) is 38.0 Å². The summed E-state index contributed by atoms with van der Waals surface area (Å²) >= 11 is 0. The van der Waals surface area contributed by atoms with Crippen LogP contribution in [0.25, 0.3) is 0 Å². The molecule has 0 aliphatic carbocycles. The number of hydrogen-bond acceptors (Lipinski definition) is 10. The summed E-state index contributed by atoms with van der Waals surface area (Å²) in [5.41, 5.74) is -0.403. The maximum absolute atomic E-state index is 12.4. The maximum Gasteiger partial charge on any atom is 0.410 e. The van der Waals surface area contributed by atoms with E-state index in [9.17, 15) is 19.2 Å². The number of carbonyl (C=O) groups is 4. The summed E-state index contributed by atoms with van der Waals surface area (Å²) in [6.07, 6.45) is 0.330. The molecule has 45 heavy (non-hydrogen) atoms. The van der Waals surface area contributed by atoms with Gasteiger partial charge in [0.15, 0.2) is 6.10 Å². The van der Waals surface area contributed by atoms with Gasteiger partial charge in [-0.15, -0.1) is 0 Å². The second-order valence-electron chi connectivity index (χ2n) is 13.3. The molecule has 0 saturated carbocycles. The van der Waals surface area contributed by atoms with E-state index < -0.39 is 29.3 Å². The zero-order valence-electron chi connectivity index (χ0n) is 27.8. The summed E-state index contributed by atoms with van der Waals surface area (Å²) in [4.78, 5) is 54.8. The van der Waals surface area contributed by atoms with Gasteiger partial charge in [-0.05, 0) is 78.6 Å². The number of alkyl carbamates (subject to hydrolysis) is 1. The first-order valence-corrected chi connectivity index (χ1v) is 15.6. The Morgan fingerprint density at radius 1 is 0.933 bits per heavy atom. The number of hydrogen-bond donors (Lipinski definition) is 1. The molecular weight excluding hydrogens is 584 g/mol. The Balaban J connectivity index is 1.34. The SMILES string of the molecule is COC(=O)C(Cc1ccc(OCC2CN(CCCCN3CCN(C(=O)OC(C)(C)C)CC3)C(=O)O2)cc1)NC(=O)OC(C)(C)C. The monoisotopic (exact) mass is 634 g/mol. The van der Waals surface area contributed by atoms with Gasteiger partial charge in [0.1, 0.15) is 29.6 Å². The minimum Gasteiger partial charge on any atom is -0.490 e. The Kier molecular flexibility index (Phi) is 12.7. The number of nitrogens with one attached hydrogen (secondary N) is 1. The molecule has 2 unspecified atom stereocenters. The second-order valence-corrected chi connectivity index (χ2v) is 13.3. The largest absolute Gasteiger partial charge is 0.490 e. The van der Waals surface area contributed by atoms with Gasteiger partial charge in [-0.3, -0.25) is 4.90 Å². The van der Waals surface area contributed by atoms with Gasteiger partial charge in [0.05, 0.1) is 13.7 Å². The zero-order chi connectivity index (χ0) is 33.2. The summed E-state index contributed by atoms with van der Waals surface area (Å²) in [6, 6.07) is 6.21. The molecule has 13 nitrogen and oxygen atoms in total. The highest BCUT2D eigenvalue weighted by molar-refractivity contribution is 5.81. The van der Waals surface area contributed by atoms with Crippen molar-refractivity contribution in [3.8, 4) is 5.75 Å². The second kappa shape index (κ2) is 16.0. The van der Waals surface area contributed by atoms with Crippen LogP contribution in [0.2, 0.25) is 0 Å². The van der Waals surface area contributed by atoms with Crippen LogP contribution < -0.4 is 10.1 Å². The fourth-order valence-electron chi connectivity index (χ4n) is 4.89. The number of unbranched alkanes of at least 4 members (excludes halogenated alkanes) is 1. The molecule has 252 valence electrons. The summed E-state index contributed by atoms with van der Waals surface area (Å²) in [5, 5.41) is 2.56. The number of methoxy groups -OCH3 is 1. The van der Waals surface area contributed by atoms with E-state index in [2.05, 4.69) is 10.2 Å². The minimum atomic E-state index is -0.908. The van der Waals surface area contributed by atoms with Gasteiger partial charge in [0, 0.05) is 39.1 Å². The van der Waals surface area contributed by atoms with Crippen LogP contribution in [0.15, 0.2) is 24.3 Å². The third-order valence-corrected chi connectivity index (χ3v) is 7.10. The van der Waals surface area contributed by atoms with Gasteiger partial charge in [0.25, 0.3) is 0 Å². The Labute approximate surface area is 266 Å². The molecule has 1 aromatic rings. The number of amides is 3. The lowest BCUT2D eigenvalue weighted by molar-refractivity contribution is -0.143. The first-order valence-electron chi connectivity index (χ1n) is 15.6. The van der Waals surface area contributed by atoms with Crippen molar-refractivity contribution in [3.63, 3.8) is 0 Å². The number of esters is 1. The molecule has 2 atom stereocenters. The van der Waals surface area contributed by atoms with Crippen molar-refractivity contribution in [2.75, 3.05) is 59.5 Å². The quantitative estimate of drug-likeness (QED) is 0.205. The maximum atomic E-state index is 12.4. The van der Waals surface area contributed by atoms with Gasteiger partial charge < -0.3 is 38.8 Å². The van der Waals surface area contributed by atoms with Crippen LogP contribution in [0, 0.1) is 0 Å². The number of ether oxygens (including phenoxy) is 5. The van der Waals surface area contributed by atoms with E-state index in [1.54, 1.807) is 54.8 Å². The normalized spacial score (nSPS) is 18.2. The third kappa shape index (κ3) is 12.6. The van der Waals surface area contributed by atoms with Crippen molar-refractivity contribution < 1.29 is 42.9 Å². The first kappa shape index (κ1) is 35.7. The average Bonchev–Trinajstić information content (AvgIpc) is 3.31. The topological polar surface area (TPSA) is 136 Å². The lowest BCUT2D eigenvalue weighted by atomic mass is 10.1. The van der Waals surface area contributed by atoms with Crippen LogP contribution in [0.3, 0.4) is 0 Å². The first-order chi connectivity index (χ1) is 21.1. The van der Waals surface area contributed by atoms with Crippen molar-refractivity contribution >= 4 is 24.2 Å². The molecule has 0 spiro atoms. The van der Waals surface area contributed by atoms with E-state index >= 15 is 0 Å². The molecular formula is C32H50N4O9. The average molecular weight is 635 g/mol. The summed E-state index contributed by atoms with van der Waals surface area (Å²) < 4.78 is 26.9. The molecule has 3 amide bonds. The van der Waals surface area contributed by atoms with Gasteiger partial charge in [-0.2, -0.15) is 0 Å². The molecule has 0 radical (unpaired) electrons. The van der Waals surface area contributed by atoms with Gasteiger partial charge in [-0.1, -0.05) is 12.1 Å².